The summed E-state index contributed by atoms with van der Waals surface area (Å²) in [5, 5.41) is 1.62. The molecule has 506 valence electrons. The molecule has 0 radical (unpaired) electrons. The summed E-state index contributed by atoms with van der Waals surface area (Å²) in [6.45, 7) is 13.2. The van der Waals surface area contributed by atoms with Crippen molar-refractivity contribution in [1.29, 1.82) is 0 Å². The summed E-state index contributed by atoms with van der Waals surface area (Å²) >= 11 is 0. The van der Waals surface area contributed by atoms with E-state index < -0.39 is 47.8 Å². The summed E-state index contributed by atoms with van der Waals surface area (Å²) in [5.41, 5.74) is 5.78. The number of nitrogens with zero attached hydrogens (tertiary/aromatic N) is 8. The molecule has 2 aliphatic heterocycles. The maximum absolute atomic E-state index is 13.1. The fraction of sp³-hybridized carbons (Fsp3) is 0.444. The third-order valence-corrected chi connectivity index (χ3v) is 15.7. The molecule has 0 aliphatic carbocycles. The van der Waals surface area contributed by atoms with E-state index in [1.54, 1.807) is 48.5 Å². The Labute approximate surface area is 574 Å². The van der Waals surface area contributed by atoms with E-state index in [2.05, 4.69) is 0 Å². The van der Waals surface area contributed by atoms with Crippen LogP contribution in [0.2, 0.25) is 0 Å². The first-order chi connectivity index (χ1) is 46.5. The zero-order valence-corrected chi connectivity index (χ0v) is 59.4. The smallest absolute Gasteiger partial charge is 0.461 e. The van der Waals surface area contributed by atoms with Crippen LogP contribution in [0.4, 0.5) is 0 Å². The largest absolute Gasteiger partial charge is 2.00 e. The van der Waals surface area contributed by atoms with Gasteiger partial charge in [-0.15, -0.1) is 0 Å². The second-order valence-corrected chi connectivity index (χ2v) is 23.4. The quantitative estimate of drug-likeness (QED) is 0.0215. The Hall–Kier alpha value is -9.38. The number of carbonyl (C=O) groups excluding carboxylic acids is 8. The number of rotatable bonds is 32. The van der Waals surface area contributed by atoms with Crippen molar-refractivity contribution in [2.45, 2.75) is 211 Å². The summed E-state index contributed by atoms with van der Waals surface area (Å²) in [7, 11) is 0. The molecule has 0 N–H and O–H groups in total. The van der Waals surface area contributed by atoms with E-state index in [0.717, 1.165) is 0 Å². The van der Waals surface area contributed by atoms with Crippen molar-refractivity contribution in [3.63, 3.8) is 0 Å². The van der Waals surface area contributed by atoms with Gasteiger partial charge < -0.3 is 67.8 Å². The average molecular weight is 1380 g/mol. The number of esters is 8. The van der Waals surface area contributed by atoms with E-state index in [-0.39, 0.29) is 170 Å². The predicted molar refractivity (Wildman–Crippen MR) is 352 cm³/mol. The number of ether oxygens (including phenoxy) is 8. The van der Waals surface area contributed by atoms with Gasteiger partial charge in [0.15, 0.2) is 0 Å². The van der Waals surface area contributed by atoms with Crippen LogP contribution in [0.1, 0.15) is 203 Å². The fourth-order valence-electron chi connectivity index (χ4n) is 10.8. The molecule has 0 saturated carbocycles. The molecular formula is C72H80N8O16Zn. The molecule has 0 saturated heterocycles. The summed E-state index contributed by atoms with van der Waals surface area (Å²) < 4.78 is 46.5. The molecule has 25 heteroatoms. The van der Waals surface area contributed by atoms with Gasteiger partial charge in [-0.3, -0.25) is 38.4 Å². The standard InChI is InChI=1S/C72H80N8O16.Zn/c1-9-17-57(81)89-33-41-25-49-50(26-42(41)34-90-58(82)18-10-2)66-73-65(49)77-67-51-27-43(35-91-59(83)19-11-3)44(36-92-60(84)20-12-4)28-52(51)69(74-67)79-71-55-31-47(39-95-63(87)23-15-7)48(40-96-64(88)24-16-8)32-56(55)72(76-71)80-70-54-30-46(38-94-62(86)22-14-6)45(37-93-61(85)21-13-5)29-53(54)68(75-70)78-66;/h25-32H,9-24,33-40H2,1-8H3;/q-2;+2. The van der Waals surface area contributed by atoms with Gasteiger partial charge >= 0.3 is 67.2 Å². The van der Waals surface area contributed by atoms with Crippen LogP contribution in [-0.2, 0) is 149 Å². The van der Waals surface area contributed by atoms with Gasteiger partial charge in [-0.25, -0.2) is 9.97 Å². The summed E-state index contributed by atoms with van der Waals surface area (Å²) in [6, 6.07) is 14.0. The molecule has 0 atom stereocenters. The molecule has 9 rings (SSSR count). The minimum atomic E-state index is -0.444. The zero-order chi connectivity index (χ0) is 68.4. The Bertz CT molecular complexity index is 3770. The normalized spacial score (nSPS) is 11.3. The number of aromatic nitrogens is 8. The van der Waals surface area contributed by atoms with Crippen LogP contribution in [0.25, 0.3) is 89.7 Å². The van der Waals surface area contributed by atoms with E-state index >= 15 is 0 Å². The van der Waals surface area contributed by atoms with E-state index in [1.807, 2.05) is 55.4 Å². The van der Waals surface area contributed by atoms with Crippen molar-refractivity contribution in [3.05, 3.63) is 93.0 Å². The maximum Gasteiger partial charge on any atom is 2.00 e. The van der Waals surface area contributed by atoms with Gasteiger partial charge in [-0.2, -0.15) is 0 Å². The third-order valence-electron chi connectivity index (χ3n) is 15.7. The minimum absolute atomic E-state index is 0. The number of hydrogen-bond acceptors (Lipinski definition) is 22. The van der Waals surface area contributed by atoms with Crippen molar-refractivity contribution < 1.29 is 95.7 Å². The van der Waals surface area contributed by atoms with Crippen LogP contribution >= 0.6 is 0 Å². The first-order valence-electron chi connectivity index (χ1n) is 33.1. The van der Waals surface area contributed by atoms with Crippen LogP contribution in [0, 0.1) is 0 Å². The first kappa shape index (κ1) is 73.4. The van der Waals surface area contributed by atoms with Gasteiger partial charge in [-0.05, 0) is 166 Å². The van der Waals surface area contributed by atoms with E-state index in [1.165, 1.54) is 0 Å². The van der Waals surface area contributed by atoms with E-state index in [0.29, 0.717) is 140 Å². The molecule has 3 aromatic heterocycles. The van der Waals surface area contributed by atoms with E-state index in [4.69, 9.17) is 77.8 Å². The minimum Gasteiger partial charge on any atom is -0.461 e. The fourth-order valence-corrected chi connectivity index (χ4v) is 10.8. The number of fused-ring (bicyclic) bond motifs is 20. The van der Waals surface area contributed by atoms with Crippen molar-refractivity contribution in [2.24, 2.45) is 0 Å². The predicted octanol–water partition coefficient (Wildman–Crippen LogP) is 12.9. The molecule has 97 heavy (non-hydrogen) atoms. The Morgan fingerprint density at radius 2 is 0.412 bits per heavy atom. The summed E-state index contributed by atoms with van der Waals surface area (Å²) in [5.74, 6) is -3.22. The molecule has 8 bridgehead atoms. The Balaban J connectivity index is 0.0000120. The summed E-state index contributed by atoms with van der Waals surface area (Å²) in [6.07, 6.45) is 5.56. The topological polar surface area (TPSA) is 316 Å². The molecule has 0 amide bonds. The molecule has 7 aromatic rings. The Morgan fingerprint density at radius 1 is 0.258 bits per heavy atom. The third kappa shape index (κ3) is 18.6. The average Bonchev–Trinajstić information content (AvgIpc) is 1.56. The maximum atomic E-state index is 13.1. The Kier molecular flexibility index (Phi) is 26.5. The van der Waals surface area contributed by atoms with Crippen LogP contribution in [0.3, 0.4) is 0 Å². The molecule has 0 fully saturated rings. The molecule has 2 aliphatic rings. The van der Waals surface area contributed by atoms with Gasteiger partial charge in [0.05, 0.1) is 23.3 Å². The van der Waals surface area contributed by atoms with Crippen molar-refractivity contribution in [2.75, 3.05) is 0 Å². The van der Waals surface area contributed by atoms with Crippen LogP contribution in [0.5, 0.6) is 0 Å². The monoisotopic (exact) mass is 1380 g/mol. The SMILES string of the molecule is CCCC(=O)OCc1cc2c(cc1COC(=O)CCC)-c1nc-2nc2[n-]c(nc3nc(nc4[n-]c(n1)c1cc(COC(=O)CCC)c(COC(=O)CCC)cc41)-c1cc(COC(=O)CCC)c(COC(=O)CCC)cc1-3)c1cc(COC(=O)CCC)c(COC(=O)CCC)cc21.[Zn+2]. The first-order valence-corrected chi connectivity index (χ1v) is 33.1. The molecular weight excluding hydrogens is 1300 g/mol. The van der Waals surface area contributed by atoms with Gasteiger partial charge in [-0.1, -0.05) is 55.4 Å². The molecule has 0 spiro atoms. The Morgan fingerprint density at radius 3 is 0.567 bits per heavy atom. The second-order valence-electron chi connectivity index (χ2n) is 23.4. The number of hydrogen-bond donors (Lipinski definition) is 0. The van der Waals surface area contributed by atoms with Crippen molar-refractivity contribution in [3.8, 4) is 45.6 Å². The molecule has 24 nitrogen and oxygen atoms in total. The molecule has 0 unspecified atom stereocenters. The van der Waals surface area contributed by atoms with Crippen LogP contribution in [0.15, 0.2) is 48.5 Å². The van der Waals surface area contributed by atoms with Gasteiger partial charge in [0.1, 0.15) is 52.9 Å². The zero-order valence-electron chi connectivity index (χ0n) is 56.4. The second kappa shape index (κ2) is 35.0. The van der Waals surface area contributed by atoms with Gasteiger partial charge in [0.25, 0.3) is 0 Å². The number of benzene rings is 4. The van der Waals surface area contributed by atoms with Crippen LogP contribution < -0.4 is 9.97 Å². The molecule has 5 heterocycles. The van der Waals surface area contributed by atoms with Crippen LogP contribution in [-0.4, -0.2) is 77.7 Å². The summed E-state index contributed by atoms with van der Waals surface area (Å²) in [4.78, 5) is 146. The number of carbonyl (C=O) groups is 8. The molecule has 4 aromatic carbocycles. The van der Waals surface area contributed by atoms with E-state index in [9.17, 15) is 38.4 Å². The van der Waals surface area contributed by atoms with Gasteiger partial charge in [0.2, 0.25) is 0 Å². The van der Waals surface area contributed by atoms with Crippen molar-refractivity contribution in [1.82, 2.24) is 39.9 Å². The van der Waals surface area contributed by atoms with Gasteiger partial charge in [0, 0.05) is 96.2 Å². The van der Waals surface area contributed by atoms with Crippen molar-refractivity contribution >= 4 is 91.9 Å².